The molecule has 2 aliphatic rings. The van der Waals surface area contributed by atoms with Gasteiger partial charge >= 0.3 is 11.9 Å². The lowest BCUT2D eigenvalue weighted by molar-refractivity contribution is -0.192. The van der Waals surface area contributed by atoms with Crippen molar-refractivity contribution in [1.82, 2.24) is 10.2 Å². The van der Waals surface area contributed by atoms with Crippen LogP contribution in [0.1, 0.15) is 19.8 Å². The second-order valence-corrected chi connectivity index (χ2v) is 7.14. The van der Waals surface area contributed by atoms with Gasteiger partial charge in [0.05, 0.1) is 5.92 Å². The van der Waals surface area contributed by atoms with Gasteiger partial charge in [-0.25, -0.2) is 4.79 Å². The van der Waals surface area contributed by atoms with E-state index in [2.05, 4.69) is 5.32 Å². The number of carboxylic acids is 2. The van der Waals surface area contributed by atoms with Crippen molar-refractivity contribution in [3.05, 3.63) is 11.3 Å². The Bertz CT molecular complexity index is 680. The highest BCUT2D eigenvalue weighted by molar-refractivity contribution is 8.00. The third kappa shape index (κ3) is 3.29. The van der Waals surface area contributed by atoms with Crippen molar-refractivity contribution in [2.45, 2.75) is 30.9 Å². The van der Waals surface area contributed by atoms with Crippen molar-refractivity contribution in [2.75, 3.05) is 19.4 Å². The van der Waals surface area contributed by atoms with E-state index in [-0.39, 0.29) is 25.1 Å². The molecule has 10 nitrogen and oxygen atoms in total. The lowest BCUT2D eigenvalue weighted by Gasteiger charge is -2.55. The van der Waals surface area contributed by atoms with E-state index in [0.717, 1.165) is 4.90 Å². The molecule has 144 valence electrons. The van der Waals surface area contributed by atoms with Gasteiger partial charge < -0.3 is 26.0 Å². The lowest BCUT2D eigenvalue weighted by atomic mass is 9.97. The number of aliphatic carboxylic acids is 2. The molecule has 2 aliphatic heterocycles. The Kier molecular flexibility index (Phi) is 5.94. The van der Waals surface area contributed by atoms with Crippen LogP contribution in [0, 0.1) is 5.92 Å². The van der Waals surface area contributed by atoms with Crippen molar-refractivity contribution >= 4 is 35.5 Å². The molecule has 11 heteroatoms. The topological polar surface area (TPSA) is 159 Å². The number of thioether (sulfide) groups is 1. The largest absolute Gasteiger partial charge is 0.481 e. The minimum Gasteiger partial charge on any atom is -0.481 e. The van der Waals surface area contributed by atoms with E-state index in [1.165, 1.54) is 18.9 Å². The summed E-state index contributed by atoms with van der Waals surface area (Å²) in [4.78, 5) is 48.3. The molecule has 3 atom stereocenters. The molecule has 1 fully saturated rings. The molecular weight excluding hydrogens is 366 g/mol. The zero-order valence-corrected chi connectivity index (χ0v) is 15.2. The minimum absolute atomic E-state index is 0.0204. The van der Waals surface area contributed by atoms with Crippen molar-refractivity contribution in [2.24, 2.45) is 11.7 Å². The second kappa shape index (κ2) is 7.64. The average Bonchev–Trinajstić information content (AvgIpc) is 2.58. The smallest absolute Gasteiger partial charge is 0.352 e. The molecular formula is C15H21N3O7S. The third-order valence-corrected chi connectivity index (χ3v) is 5.88. The average molecular weight is 387 g/mol. The lowest BCUT2D eigenvalue weighted by Crippen LogP contribution is -2.80. The molecule has 0 radical (unpaired) electrons. The Hall–Kier alpha value is -2.11. The first kappa shape index (κ1) is 20.2. The number of carboxylic acid groups (broad SMARTS) is 2. The summed E-state index contributed by atoms with van der Waals surface area (Å²) in [5.74, 6) is -4.03. The van der Waals surface area contributed by atoms with Crippen LogP contribution in [0.3, 0.4) is 0 Å². The Morgan fingerprint density at radius 1 is 1.46 bits per heavy atom. The molecule has 2 rings (SSSR count). The van der Waals surface area contributed by atoms with Gasteiger partial charge in [0, 0.05) is 25.8 Å². The van der Waals surface area contributed by atoms with Crippen LogP contribution in [0.5, 0.6) is 0 Å². The summed E-state index contributed by atoms with van der Waals surface area (Å²) in [5, 5.41) is 20.1. The Morgan fingerprint density at radius 3 is 2.62 bits per heavy atom. The summed E-state index contributed by atoms with van der Waals surface area (Å²) in [6, 6.07) is 0. The number of hydrogen-bond donors (Lipinski definition) is 4. The number of methoxy groups -OCH3 is 1. The maximum atomic E-state index is 12.6. The number of rotatable bonds is 8. The monoisotopic (exact) mass is 387 g/mol. The molecule has 1 unspecified atom stereocenters. The molecule has 5 N–H and O–H groups in total. The van der Waals surface area contributed by atoms with E-state index in [4.69, 9.17) is 15.6 Å². The van der Waals surface area contributed by atoms with Crippen LogP contribution in [0.2, 0.25) is 0 Å². The van der Waals surface area contributed by atoms with Gasteiger partial charge in [0.1, 0.15) is 11.1 Å². The predicted octanol–water partition coefficient (Wildman–Crippen LogP) is -0.841. The Labute approximate surface area is 153 Å². The van der Waals surface area contributed by atoms with E-state index in [1.807, 2.05) is 0 Å². The van der Waals surface area contributed by atoms with Crippen molar-refractivity contribution in [1.29, 1.82) is 0 Å². The summed E-state index contributed by atoms with van der Waals surface area (Å²) in [7, 11) is 1.25. The minimum atomic E-state index is -1.66. The zero-order valence-electron chi connectivity index (χ0n) is 14.4. The van der Waals surface area contributed by atoms with Gasteiger partial charge in [-0.2, -0.15) is 0 Å². The first-order valence-corrected chi connectivity index (χ1v) is 8.91. The summed E-state index contributed by atoms with van der Waals surface area (Å²) in [6.07, 6.45) is -0.128. The van der Waals surface area contributed by atoms with Gasteiger partial charge in [0.2, 0.25) is 5.91 Å². The highest BCUT2D eigenvalue weighted by Gasteiger charge is 2.66. The first-order chi connectivity index (χ1) is 12.2. The van der Waals surface area contributed by atoms with Crippen LogP contribution >= 0.6 is 11.8 Å². The fraction of sp³-hybridized carbons (Fsp3) is 0.600. The van der Waals surface area contributed by atoms with Crippen LogP contribution in [-0.2, 0) is 23.9 Å². The molecule has 0 aromatic heterocycles. The number of carbonyl (C=O) groups excluding carboxylic acids is 2. The highest BCUT2D eigenvalue weighted by atomic mass is 32.2. The second-order valence-electron chi connectivity index (χ2n) is 6.07. The van der Waals surface area contributed by atoms with E-state index in [9.17, 15) is 24.3 Å². The molecule has 0 aromatic rings. The molecule has 0 aliphatic carbocycles. The molecule has 2 heterocycles. The molecule has 0 spiro atoms. The van der Waals surface area contributed by atoms with Gasteiger partial charge in [-0.05, 0) is 18.9 Å². The molecule has 26 heavy (non-hydrogen) atoms. The quantitative estimate of drug-likeness (QED) is 0.307. The van der Waals surface area contributed by atoms with E-state index in [0.29, 0.717) is 11.3 Å². The molecule has 0 saturated carbocycles. The van der Waals surface area contributed by atoms with Crippen LogP contribution in [-0.4, -0.2) is 69.4 Å². The molecule has 1 saturated heterocycles. The molecule has 0 aromatic carbocycles. The SMILES string of the molecule is CO[C@@]1(NC(=O)CCC(CN)C(=O)O)C(=O)N2C(C(=O)O)=C(C)CS[C@H]21. The van der Waals surface area contributed by atoms with Crippen molar-refractivity contribution in [3.63, 3.8) is 0 Å². The van der Waals surface area contributed by atoms with Crippen LogP contribution < -0.4 is 11.1 Å². The van der Waals surface area contributed by atoms with Crippen LogP contribution in [0.25, 0.3) is 0 Å². The standard InChI is InChI=1S/C15H21N3O7S/c1-7-6-26-14-15(25-2,13(24)18(14)10(7)12(22)23)17-9(19)4-3-8(5-16)11(20)21/h8,14H,3-6,16H2,1-2H3,(H,17,19)(H,20,21)(H,22,23)/t8?,14-,15-/m0/s1. The zero-order chi connectivity index (χ0) is 19.6. The Balaban J connectivity index is 2.11. The van der Waals surface area contributed by atoms with Gasteiger partial charge in [-0.1, -0.05) is 0 Å². The summed E-state index contributed by atoms with van der Waals surface area (Å²) in [5.41, 5.74) is 4.14. The Morgan fingerprint density at radius 2 is 2.12 bits per heavy atom. The van der Waals surface area contributed by atoms with Crippen LogP contribution in [0.4, 0.5) is 0 Å². The van der Waals surface area contributed by atoms with E-state index in [1.54, 1.807) is 6.92 Å². The number of fused-ring (bicyclic) bond motifs is 1. The third-order valence-electron chi connectivity index (χ3n) is 4.42. The van der Waals surface area contributed by atoms with Gasteiger partial charge in [-0.15, -0.1) is 11.8 Å². The fourth-order valence-corrected chi connectivity index (χ4v) is 4.34. The summed E-state index contributed by atoms with van der Waals surface area (Å²) in [6.45, 7) is 1.53. The highest BCUT2D eigenvalue weighted by Crippen LogP contribution is 2.46. The maximum absolute atomic E-state index is 12.6. The van der Waals surface area contributed by atoms with E-state index < -0.39 is 40.8 Å². The summed E-state index contributed by atoms with van der Waals surface area (Å²) < 4.78 is 5.27. The number of ether oxygens (including phenoxy) is 1. The van der Waals surface area contributed by atoms with E-state index >= 15 is 0 Å². The van der Waals surface area contributed by atoms with Gasteiger partial charge in [0.25, 0.3) is 11.6 Å². The number of β-lactam (4-membered cyclic amide) rings is 1. The van der Waals surface area contributed by atoms with Gasteiger partial charge in [-0.3, -0.25) is 19.3 Å². The number of amides is 2. The first-order valence-electron chi connectivity index (χ1n) is 7.87. The summed E-state index contributed by atoms with van der Waals surface area (Å²) >= 11 is 1.28. The molecule has 2 amide bonds. The number of nitrogens with two attached hydrogens (primary N) is 1. The normalized spacial score (nSPS) is 26.0. The number of carbonyl (C=O) groups is 4. The number of hydrogen-bond acceptors (Lipinski definition) is 7. The number of nitrogens with one attached hydrogen (secondary N) is 1. The van der Waals surface area contributed by atoms with Crippen molar-refractivity contribution < 1.29 is 34.1 Å². The van der Waals surface area contributed by atoms with Gasteiger partial charge in [0.15, 0.2) is 0 Å². The predicted molar refractivity (Wildman–Crippen MR) is 90.7 cm³/mol. The van der Waals surface area contributed by atoms with Crippen molar-refractivity contribution in [3.8, 4) is 0 Å². The van der Waals surface area contributed by atoms with Crippen LogP contribution in [0.15, 0.2) is 11.3 Å². The maximum Gasteiger partial charge on any atom is 0.352 e. The number of nitrogens with zero attached hydrogens (tertiary/aromatic N) is 1. The molecule has 0 bridgehead atoms. The fourth-order valence-electron chi connectivity index (χ4n) is 2.95.